The molecule has 0 spiro atoms. The lowest BCUT2D eigenvalue weighted by molar-refractivity contribution is -0.121. The molecule has 8 nitrogen and oxygen atoms in total. The molecule has 1 aliphatic carbocycles. The van der Waals surface area contributed by atoms with Gasteiger partial charge in [0, 0.05) is 49.4 Å². The molecule has 2 fully saturated rings. The number of ether oxygens (including phenoxy) is 2. The fourth-order valence-corrected chi connectivity index (χ4v) is 4.43. The number of hydrogen-bond donors (Lipinski definition) is 1. The van der Waals surface area contributed by atoms with E-state index in [1.807, 2.05) is 12.1 Å². The van der Waals surface area contributed by atoms with Crippen molar-refractivity contribution in [1.29, 1.82) is 0 Å². The van der Waals surface area contributed by atoms with E-state index < -0.39 is 0 Å². The van der Waals surface area contributed by atoms with E-state index >= 15 is 0 Å². The van der Waals surface area contributed by atoms with Crippen LogP contribution in [0.15, 0.2) is 49.1 Å². The van der Waals surface area contributed by atoms with Gasteiger partial charge in [0.25, 0.3) is 0 Å². The summed E-state index contributed by atoms with van der Waals surface area (Å²) in [5.74, 6) is 0.814. The standard InChI is InChI=1S/C24H27N5O3/c30-24(28-18-2-1-7-25-16-18)17-3-5-20(6-4-17)32-22-15-19(29-10-12-31-13-11-29)14-21-23(22)27-9-8-26-21/h1-2,7-9,14-17,20H,3-6,10-13H2,(H,28,30)/t17-,20+. The molecule has 1 amide bonds. The minimum atomic E-state index is -0.00808. The topological polar surface area (TPSA) is 89.5 Å². The number of benzene rings is 1. The van der Waals surface area contributed by atoms with Crippen LogP contribution in [0, 0.1) is 5.92 Å². The molecule has 1 aliphatic heterocycles. The second-order valence-corrected chi connectivity index (χ2v) is 8.29. The first-order chi connectivity index (χ1) is 15.8. The zero-order valence-corrected chi connectivity index (χ0v) is 17.9. The van der Waals surface area contributed by atoms with Gasteiger partial charge in [0.2, 0.25) is 5.91 Å². The van der Waals surface area contributed by atoms with Gasteiger partial charge >= 0.3 is 0 Å². The van der Waals surface area contributed by atoms with Gasteiger partial charge in [-0.1, -0.05) is 0 Å². The second kappa shape index (κ2) is 9.48. The third-order valence-electron chi connectivity index (χ3n) is 6.17. The molecule has 3 aromatic rings. The highest BCUT2D eigenvalue weighted by Gasteiger charge is 2.28. The number of nitrogens with zero attached hydrogens (tertiary/aromatic N) is 4. The quantitative estimate of drug-likeness (QED) is 0.659. The molecular weight excluding hydrogens is 406 g/mol. The van der Waals surface area contributed by atoms with Gasteiger partial charge in [0.15, 0.2) is 0 Å². The maximum Gasteiger partial charge on any atom is 0.227 e. The lowest BCUT2D eigenvalue weighted by atomic mass is 9.86. The lowest BCUT2D eigenvalue weighted by Gasteiger charge is -2.31. The van der Waals surface area contributed by atoms with Gasteiger partial charge in [0.05, 0.1) is 36.7 Å². The molecule has 5 rings (SSSR count). The summed E-state index contributed by atoms with van der Waals surface area (Å²) in [6.45, 7) is 3.14. The highest BCUT2D eigenvalue weighted by Crippen LogP contribution is 2.34. The number of morpholine rings is 1. The van der Waals surface area contributed by atoms with Crippen LogP contribution in [0.2, 0.25) is 0 Å². The van der Waals surface area contributed by atoms with Crippen molar-refractivity contribution in [2.24, 2.45) is 5.92 Å². The SMILES string of the molecule is O=C(Nc1cccnc1)[C@H]1CC[C@@H](Oc2cc(N3CCOCC3)cc3nccnc23)CC1. The van der Waals surface area contributed by atoms with Gasteiger partial charge in [-0.25, -0.2) is 4.98 Å². The van der Waals surface area contributed by atoms with E-state index in [1.54, 1.807) is 24.8 Å². The number of hydrogen-bond acceptors (Lipinski definition) is 7. The minimum absolute atomic E-state index is 0.00808. The van der Waals surface area contributed by atoms with E-state index in [4.69, 9.17) is 9.47 Å². The van der Waals surface area contributed by atoms with Crippen molar-refractivity contribution in [2.75, 3.05) is 36.5 Å². The number of anilines is 2. The maximum absolute atomic E-state index is 12.6. The van der Waals surface area contributed by atoms with Crippen LogP contribution >= 0.6 is 0 Å². The Kier molecular flexibility index (Phi) is 6.11. The number of rotatable bonds is 5. The van der Waals surface area contributed by atoms with Crippen LogP contribution in [0.3, 0.4) is 0 Å². The zero-order chi connectivity index (χ0) is 21.8. The average molecular weight is 434 g/mol. The van der Waals surface area contributed by atoms with E-state index in [2.05, 4.69) is 37.3 Å². The molecule has 1 aromatic carbocycles. The van der Waals surface area contributed by atoms with Crippen molar-refractivity contribution >= 4 is 28.3 Å². The molecule has 1 N–H and O–H groups in total. The lowest BCUT2D eigenvalue weighted by Crippen LogP contribution is -2.36. The monoisotopic (exact) mass is 433 g/mol. The van der Waals surface area contributed by atoms with Crippen LogP contribution in [0.1, 0.15) is 25.7 Å². The van der Waals surface area contributed by atoms with Crippen molar-refractivity contribution in [3.63, 3.8) is 0 Å². The summed E-state index contributed by atoms with van der Waals surface area (Å²) in [4.78, 5) is 28.0. The van der Waals surface area contributed by atoms with E-state index in [1.165, 1.54) is 0 Å². The number of pyridine rings is 1. The Morgan fingerprint density at radius 3 is 2.66 bits per heavy atom. The molecule has 2 aliphatic rings. The molecular formula is C24H27N5O3. The highest BCUT2D eigenvalue weighted by atomic mass is 16.5. The number of carbonyl (C=O) groups is 1. The molecule has 0 atom stereocenters. The van der Waals surface area contributed by atoms with Gasteiger partial charge in [0.1, 0.15) is 11.3 Å². The largest absolute Gasteiger partial charge is 0.488 e. The Morgan fingerprint density at radius 1 is 1.06 bits per heavy atom. The van der Waals surface area contributed by atoms with Gasteiger partial charge < -0.3 is 19.7 Å². The van der Waals surface area contributed by atoms with Crippen molar-refractivity contribution in [2.45, 2.75) is 31.8 Å². The second-order valence-electron chi connectivity index (χ2n) is 8.29. The van der Waals surface area contributed by atoms with Crippen LogP contribution in [-0.4, -0.2) is 53.3 Å². The normalized spacial score (nSPS) is 21.3. The van der Waals surface area contributed by atoms with E-state index in [0.29, 0.717) is 0 Å². The Balaban J connectivity index is 1.26. The molecule has 0 bridgehead atoms. The fraction of sp³-hybridized carbons (Fsp3) is 0.417. The Hall–Kier alpha value is -3.26. The molecule has 0 unspecified atom stereocenters. The summed E-state index contributed by atoms with van der Waals surface area (Å²) in [5, 5.41) is 2.97. The van der Waals surface area contributed by atoms with Crippen LogP contribution in [0.5, 0.6) is 5.75 Å². The predicted octanol–water partition coefficient (Wildman–Crippen LogP) is 3.44. The van der Waals surface area contributed by atoms with Crippen LogP contribution in [0.4, 0.5) is 11.4 Å². The van der Waals surface area contributed by atoms with Crippen LogP contribution < -0.4 is 15.0 Å². The minimum Gasteiger partial charge on any atom is -0.488 e. The molecule has 8 heteroatoms. The molecule has 1 saturated carbocycles. The smallest absolute Gasteiger partial charge is 0.227 e. The first-order valence-corrected chi connectivity index (χ1v) is 11.2. The first-order valence-electron chi connectivity index (χ1n) is 11.2. The molecule has 2 aromatic heterocycles. The maximum atomic E-state index is 12.6. The average Bonchev–Trinajstić information content (AvgIpc) is 2.85. The molecule has 3 heterocycles. The Bertz CT molecular complexity index is 1060. The molecule has 166 valence electrons. The number of aromatic nitrogens is 3. The summed E-state index contributed by atoms with van der Waals surface area (Å²) >= 11 is 0. The summed E-state index contributed by atoms with van der Waals surface area (Å²) in [5.41, 5.74) is 3.43. The van der Waals surface area contributed by atoms with E-state index in [0.717, 1.165) is 80.1 Å². The number of amides is 1. The molecule has 1 saturated heterocycles. The van der Waals surface area contributed by atoms with Gasteiger partial charge in [-0.3, -0.25) is 14.8 Å². The highest BCUT2D eigenvalue weighted by molar-refractivity contribution is 5.92. The van der Waals surface area contributed by atoms with Crippen molar-refractivity contribution in [1.82, 2.24) is 15.0 Å². The van der Waals surface area contributed by atoms with Crippen LogP contribution in [0.25, 0.3) is 11.0 Å². The number of fused-ring (bicyclic) bond motifs is 1. The van der Waals surface area contributed by atoms with Crippen LogP contribution in [-0.2, 0) is 9.53 Å². The molecule has 0 radical (unpaired) electrons. The third kappa shape index (κ3) is 4.65. The summed E-state index contributed by atoms with van der Waals surface area (Å²) in [7, 11) is 0. The van der Waals surface area contributed by atoms with Gasteiger partial charge in [-0.15, -0.1) is 0 Å². The number of carbonyl (C=O) groups excluding carboxylic acids is 1. The zero-order valence-electron chi connectivity index (χ0n) is 17.9. The Labute approximate surface area is 187 Å². The fourth-order valence-electron chi connectivity index (χ4n) is 4.43. The third-order valence-corrected chi connectivity index (χ3v) is 6.17. The van der Waals surface area contributed by atoms with Gasteiger partial charge in [-0.05, 0) is 43.9 Å². The van der Waals surface area contributed by atoms with Crippen molar-refractivity contribution in [3.05, 3.63) is 49.1 Å². The van der Waals surface area contributed by atoms with E-state index in [-0.39, 0.29) is 17.9 Å². The molecule has 32 heavy (non-hydrogen) atoms. The number of nitrogens with one attached hydrogen (secondary N) is 1. The predicted molar refractivity (Wildman–Crippen MR) is 122 cm³/mol. The summed E-state index contributed by atoms with van der Waals surface area (Å²) in [6.07, 6.45) is 10.1. The Morgan fingerprint density at radius 2 is 1.88 bits per heavy atom. The van der Waals surface area contributed by atoms with Crippen molar-refractivity contribution < 1.29 is 14.3 Å². The first kappa shape index (κ1) is 20.6. The van der Waals surface area contributed by atoms with Gasteiger partial charge in [-0.2, -0.15) is 0 Å². The van der Waals surface area contributed by atoms with E-state index in [9.17, 15) is 4.79 Å². The summed E-state index contributed by atoms with van der Waals surface area (Å²) in [6, 6.07) is 7.82. The summed E-state index contributed by atoms with van der Waals surface area (Å²) < 4.78 is 11.9. The van der Waals surface area contributed by atoms with Crippen molar-refractivity contribution in [3.8, 4) is 5.75 Å².